The van der Waals surface area contributed by atoms with Crippen molar-refractivity contribution in [1.29, 1.82) is 0 Å². The summed E-state index contributed by atoms with van der Waals surface area (Å²) in [6.07, 6.45) is 3.91. The van der Waals surface area contributed by atoms with E-state index in [9.17, 15) is 0 Å². The molecule has 1 nitrogen and oxygen atoms in total. The van der Waals surface area contributed by atoms with Gasteiger partial charge in [-0.05, 0) is 36.3 Å². The Bertz CT molecular complexity index is 307. The average Bonchev–Trinajstić information content (AvgIpc) is 2.67. The highest BCUT2D eigenvalue weighted by Gasteiger charge is 2.23. The Balaban J connectivity index is 2.03. The molecule has 0 aromatic heterocycles. The summed E-state index contributed by atoms with van der Waals surface area (Å²) in [6.45, 7) is 0.714. The third kappa shape index (κ3) is 2.82. The first-order valence-corrected chi connectivity index (χ1v) is 6.43. The van der Waals surface area contributed by atoms with E-state index in [2.05, 4.69) is 40.2 Å². The van der Waals surface area contributed by atoms with E-state index in [4.69, 9.17) is 4.74 Å². The van der Waals surface area contributed by atoms with E-state index < -0.39 is 0 Å². The lowest BCUT2D eigenvalue weighted by molar-refractivity contribution is 0.185. The van der Waals surface area contributed by atoms with Crippen molar-refractivity contribution in [2.75, 3.05) is 7.11 Å². The molecule has 0 saturated heterocycles. The molecule has 15 heavy (non-hydrogen) atoms. The molecule has 2 unspecified atom stereocenters. The fourth-order valence-corrected chi connectivity index (χ4v) is 3.00. The van der Waals surface area contributed by atoms with Gasteiger partial charge in [0.05, 0.1) is 6.61 Å². The number of rotatable bonds is 3. The summed E-state index contributed by atoms with van der Waals surface area (Å²) in [5.41, 5.74) is 2.74. The molecule has 0 spiro atoms. The molecule has 0 aliphatic heterocycles. The van der Waals surface area contributed by atoms with Crippen LogP contribution in [0, 0.1) is 0 Å². The normalized spacial score (nSPS) is 25.7. The lowest BCUT2D eigenvalue weighted by atomic mass is 9.97. The molecule has 82 valence electrons. The zero-order valence-corrected chi connectivity index (χ0v) is 10.7. The summed E-state index contributed by atoms with van der Waals surface area (Å²) in [6, 6.07) is 8.87. The van der Waals surface area contributed by atoms with E-state index in [1.165, 1.54) is 30.4 Å². The second-order valence-corrected chi connectivity index (χ2v) is 5.58. The monoisotopic (exact) mass is 268 g/mol. The van der Waals surface area contributed by atoms with Crippen LogP contribution >= 0.6 is 15.9 Å². The molecule has 1 aromatic rings. The van der Waals surface area contributed by atoms with Crippen LogP contribution in [0.25, 0.3) is 0 Å². The Hall–Kier alpha value is -0.340. The van der Waals surface area contributed by atoms with Crippen molar-refractivity contribution in [2.45, 2.75) is 36.6 Å². The fraction of sp³-hybridized carbons (Fsp3) is 0.538. The van der Waals surface area contributed by atoms with Crippen molar-refractivity contribution < 1.29 is 4.74 Å². The number of halogens is 1. The van der Waals surface area contributed by atoms with Gasteiger partial charge >= 0.3 is 0 Å². The van der Waals surface area contributed by atoms with E-state index in [1.807, 2.05) is 0 Å². The standard InChI is InChI=1S/C13H17BrO/c1-15-9-10-2-4-11(5-3-10)12-6-7-13(14)8-12/h2-5,12-13H,6-9H2,1H3. The molecule has 0 bridgehead atoms. The number of ether oxygens (including phenoxy) is 1. The van der Waals surface area contributed by atoms with Crippen LogP contribution in [0.3, 0.4) is 0 Å². The Morgan fingerprint density at radius 2 is 2.00 bits per heavy atom. The predicted molar refractivity (Wildman–Crippen MR) is 66.5 cm³/mol. The highest BCUT2D eigenvalue weighted by Crippen LogP contribution is 2.37. The first-order chi connectivity index (χ1) is 7.29. The highest BCUT2D eigenvalue weighted by molar-refractivity contribution is 9.09. The Kier molecular flexibility index (Phi) is 3.81. The van der Waals surface area contributed by atoms with Crippen LogP contribution in [0.2, 0.25) is 0 Å². The van der Waals surface area contributed by atoms with Crippen molar-refractivity contribution >= 4 is 15.9 Å². The van der Waals surface area contributed by atoms with Crippen molar-refractivity contribution in [3.05, 3.63) is 35.4 Å². The zero-order valence-electron chi connectivity index (χ0n) is 9.08. The van der Waals surface area contributed by atoms with Gasteiger partial charge in [0.15, 0.2) is 0 Å². The molecule has 1 aromatic carbocycles. The topological polar surface area (TPSA) is 9.23 Å². The maximum Gasteiger partial charge on any atom is 0.0713 e. The van der Waals surface area contributed by atoms with Crippen molar-refractivity contribution in [3.8, 4) is 0 Å². The minimum atomic E-state index is 0.714. The van der Waals surface area contributed by atoms with Crippen molar-refractivity contribution in [3.63, 3.8) is 0 Å². The van der Waals surface area contributed by atoms with Gasteiger partial charge in [0, 0.05) is 11.9 Å². The van der Waals surface area contributed by atoms with Crippen LogP contribution in [-0.4, -0.2) is 11.9 Å². The maximum absolute atomic E-state index is 5.10. The molecule has 2 heteroatoms. The molecule has 2 rings (SSSR count). The molecular weight excluding hydrogens is 252 g/mol. The number of hydrogen-bond acceptors (Lipinski definition) is 1. The van der Waals surface area contributed by atoms with E-state index in [1.54, 1.807) is 7.11 Å². The molecule has 1 aliphatic carbocycles. The summed E-state index contributed by atoms with van der Waals surface area (Å²) in [5, 5.41) is 0. The molecule has 0 heterocycles. The smallest absolute Gasteiger partial charge is 0.0713 e. The van der Waals surface area contributed by atoms with Crippen molar-refractivity contribution in [1.82, 2.24) is 0 Å². The Labute approximate surface area is 100.0 Å². The fourth-order valence-electron chi connectivity index (χ4n) is 2.28. The van der Waals surface area contributed by atoms with Crippen LogP contribution in [0.15, 0.2) is 24.3 Å². The van der Waals surface area contributed by atoms with Gasteiger partial charge in [0.2, 0.25) is 0 Å². The number of alkyl halides is 1. The summed E-state index contributed by atoms with van der Waals surface area (Å²) >= 11 is 3.70. The third-order valence-electron chi connectivity index (χ3n) is 3.13. The van der Waals surface area contributed by atoms with Gasteiger partial charge in [-0.25, -0.2) is 0 Å². The molecule has 0 radical (unpaired) electrons. The summed E-state index contributed by atoms with van der Waals surface area (Å²) < 4.78 is 5.10. The molecule has 0 N–H and O–H groups in total. The highest BCUT2D eigenvalue weighted by atomic mass is 79.9. The van der Waals surface area contributed by atoms with Crippen LogP contribution in [0.1, 0.15) is 36.3 Å². The predicted octanol–water partition coefficient (Wildman–Crippen LogP) is 3.86. The molecule has 1 saturated carbocycles. The summed E-state index contributed by atoms with van der Waals surface area (Å²) in [5.74, 6) is 0.756. The average molecular weight is 269 g/mol. The third-order valence-corrected chi connectivity index (χ3v) is 3.96. The SMILES string of the molecule is COCc1ccc(C2CCC(Br)C2)cc1. The number of methoxy groups -OCH3 is 1. The van der Waals surface area contributed by atoms with Gasteiger partial charge in [-0.3, -0.25) is 0 Å². The molecule has 1 fully saturated rings. The van der Waals surface area contributed by atoms with Gasteiger partial charge in [-0.15, -0.1) is 0 Å². The Morgan fingerprint density at radius 1 is 1.27 bits per heavy atom. The molecule has 0 amide bonds. The first kappa shape index (κ1) is 11.2. The van der Waals surface area contributed by atoms with Crippen LogP contribution in [-0.2, 0) is 11.3 Å². The van der Waals surface area contributed by atoms with E-state index >= 15 is 0 Å². The van der Waals surface area contributed by atoms with Gasteiger partial charge < -0.3 is 4.74 Å². The van der Waals surface area contributed by atoms with Gasteiger partial charge in [0.1, 0.15) is 0 Å². The van der Waals surface area contributed by atoms with Crippen molar-refractivity contribution in [2.24, 2.45) is 0 Å². The maximum atomic E-state index is 5.10. The minimum Gasteiger partial charge on any atom is -0.380 e. The van der Waals surface area contributed by atoms with Gasteiger partial charge in [-0.1, -0.05) is 40.2 Å². The largest absolute Gasteiger partial charge is 0.380 e. The summed E-state index contributed by atoms with van der Waals surface area (Å²) in [4.78, 5) is 0.723. The Morgan fingerprint density at radius 3 is 2.53 bits per heavy atom. The van der Waals surface area contributed by atoms with E-state index in [0.717, 1.165) is 10.7 Å². The number of benzene rings is 1. The molecule has 1 aliphatic rings. The second-order valence-electron chi connectivity index (χ2n) is 4.28. The second kappa shape index (κ2) is 5.13. The lowest BCUT2D eigenvalue weighted by Crippen LogP contribution is -1.95. The van der Waals surface area contributed by atoms with Crippen LogP contribution < -0.4 is 0 Å². The quantitative estimate of drug-likeness (QED) is 0.757. The number of hydrogen-bond donors (Lipinski definition) is 0. The minimum absolute atomic E-state index is 0.714. The molecular formula is C13H17BrO. The van der Waals surface area contributed by atoms with Gasteiger partial charge in [-0.2, -0.15) is 0 Å². The van der Waals surface area contributed by atoms with E-state index in [-0.39, 0.29) is 0 Å². The zero-order chi connectivity index (χ0) is 10.7. The van der Waals surface area contributed by atoms with Crippen LogP contribution in [0.5, 0.6) is 0 Å². The summed E-state index contributed by atoms with van der Waals surface area (Å²) in [7, 11) is 1.74. The van der Waals surface area contributed by atoms with Gasteiger partial charge in [0.25, 0.3) is 0 Å². The van der Waals surface area contributed by atoms with E-state index in [0.29, 0.717) is 6.61 Å². The molecule has 2 atom stereocenters. The lowest BCUT2D eigenvalue weighted by Gasteiger charge is -2.10. The first-order valence-electron chi connectivity index (χ1n) is 5.51. The van der Waals surface area contributed by atoms with Crippen LogP contribution in [0.4, 0.5) is 0 Å².